The fraction of sp³-hybridized carbons (Fsp3) is 0.550. The van der Waals surface area contributed by atoms with Crippen molar-refractivity contribution in [2.75, 3.05) is 0 Å². The average molecular weight is 329 g/mol. The van der Waals surface area contributed by atoms with E-state index in [1.807, 2.05) is 26.8 Å². The summed E-state index contributed by atoms with van der Waals surface area (Å²) in [6.45, 7) is 12.4. The van der Waals surface area contributed by atoms with E-state index in [-0.39, 0.29) is 5.92 Å². The van der Waals surface area contributed by atoms with Crippen LogP contribution in [0.25, 0.3) is 0 Å². The van der Waals surface area contributed by atoms with Crippen molar-refractivity contribution in [3.05, 3.63) is 40.6 Å². The summed E-state index contributed by atoms with van der Waals surface area (Å²) in [6, 6.07) is 3.76. The van der Waals surface area contributed by atoms with Gasteiger partial charge in [-0.15, -0.1) is 0 Å². The predicted molar refractivity (Wildman–Crippen MR) is 101 cm³/mol. The van der Waals surface area contributed by atoms with Crippen molar-refractivity contribution < 1.29 is 4.74 Å². The van der Waals surface area contributed by atoms with E-state index in [0.717, 1.165) is 35.4 Å². The molecule has 0 fully saturated rings. The summed E-state index contributed by atoms with van der Waals surface area (Å²) in [6.07, 6.45) is 3.96. The Bertz CT molecular complexity index is 650. The molecule has 1 aliphatic heterocycles. The Kier molecular flexibility index (Phi) is 5.51. The first-order valence-electron chi connectivity index (χ1n) is 8.81. The number of aryl methyl sites for hydroxylation is 3. The van der Waals surface area contributed by atoms with E-state index < -0.39 is 11.6 Å². The van der Waals surface area contributed by atoms with Gasteiger partial charge in [0.25, 0.3) is 0 Å². The number of hydrogen-bond acceptors (Lipinski definition) is 4. The van der Waals surface area contributed by atoms with Gasteiger partial charge in [-0.05, 0) is 50.8 Å². The van der Waals surface area contributed by atoms with E-state index in [0.29, 0.717) is 5.90 Å². The molecule has 1 heterocycles. The fourth-order valence-corrected chi connectivity index (χ4v) is 3.83. The summed E-state index contributed by atoms with van der Waals surface area (Å²) in [7, 11) is 0. The van der Waals surface area contributed by atoms with Crippen molar-refractivity contribution in [1.29, 1.82) is 0 Å². The van der Waals surface area contributed by atoms with Gasteiger partial charge in [-0.3, -0.25) is 0 Å². The van der Waals surface area contributed by atoms with Crippen molar-refractivity contribution in [3.63, 3.8) is 0 Å². The molecule has 1 aromatic rings. The van der Waals surface area contributed by atoms with Crippen LogP contribution in [0, 0.1) is 26.7 Å². The summed E-state index contributed by atoms with van der Waals surface area (Å²) < 4.78 is 6.19. The predicted octanol–water partition coefficient (Wildman–Crippen LogP) is 3.77. The molecule has 0 saturated heterocycles. The number of aliphatic imine (C=N–C) groups is 1. The first-order chi connectivity index (χ1) is 11.2. The highest BCUT2D eigenvalue weighted by molar-refractivity contribution is 5.88. The molecule has 4 heteroatoms. The minimum atomic E-state index is -0.628. The Balaban J connectivity index is 2.40. The maximum Gasteiger partial charge on any atom is 0.214 e. The van der Waals surface area contributed by atoms with E-state index in [9.17, 15) is 0 Å². The van der Waals surface area contributed by atoms with Gasteiger partial charge < -0.3 is 16.2 Å². The Hall–Kier alpha value is -1.65. The highest BCUT2D eigenvalue weighted by Crippen LogP contribution is 2.33. The van der Waals surface area contributed by atoms with Crippen LogP contribution in [0.5, 0.6) is 5.75 Å². The second kappa shape index (κ2) is 7.08. The summed E-state index contributed by atoms with van der Waals surface area (Å²) in [5, 5.41) is 0. The normalized spacial score (nSPS) is 24.0. The fourth-order valence-electron chi connectivity index (χ4n) is 3.83. The molecule has 0 spiro atoms. The van der Waals surface area contributed by atoms with E-state index in [1.54, 1.807) is 0 Å². The van der Waals surface area contributed by atoms with Gasteiger partial charge in [-0.1, -0.05) is 44.4 Å². The van der Waals surface area contributed by atoms with Crippen LogP contribution in [-0.2, 0) is 0 Å². The van der Waals surface area contributed by atoms with Gasteiger partial charge in [0.05, 0.1) is 5.54 Å². The van der Waals surface area contributed by atoms with Crippen LogP contribution in [0.3, 0.4) is 0 Å². The lowest BCUT2D eigenvalue weighted by atomic mass is 9.74. The molecule has 4 nitrogen and oxygen atoms in total. The summed E-state index contributed by atoms with van der Waals surface area (Å²) in [5.74, 6) is 1.63. The lowest BCUT2D eigenvalue weighted by molar-refractivity contribution is 0.279. The molecule has 2 unspecified atom stereocenters. The number of hydrogen-bond donors (Lipinski definition) is 2. The van der Waals surface area contributed by atoms with Crippen LogP contribution in [0.1, 0.15) is 50.3 Å². The van der Waals surface area contributed by atoms with Crippen LogP contribution in [0.15, 0.2) is 28.9 Å². The van der Waals surface area contributed by atoms with Crippen molar-refractivity contribution in [2.24, 2.45) is 22.4 Å². The molecule has 0 radical (unpaired) electrons. The molecule has 132 valence electrons. The molecule has 2 rings (SSSR count). The second-order valence-corrected chi connectivity index (χ2v) is 7.06. The van der Waals surface area contributed by atoms with Crippen LogP contribution in [0.2, 0.25) is 0 Å². The molecule has 2 atom stereocenters. The summed E-state index contributed by atoms with van der Waals surface area (Å²) in [5.41, 5.74) is 16.9. The number of nitrogens with zero attached hydrogens (tertiary/aromatic N) is 1. The molecular weight excluding hydrogens is 298 g/mol. The Morgan fingerprint density at radius 1 is 1.12 bits per heavy atom. The molecule has 24 heavy (non-hydrogen) atoms. The Morgan fingerprint density at radius 2 is 1.67 bits per heavy atom. The zero-order valence-corrected chi connectivity index (χ0v) is 15.8. The number of nitrogens with two attached hydrogens (primary N) is 2. The van der Waals surface area contributed by atoms with Gasteiger partial charge in [0.2, 0.25) is 5.90 Å². The third-order valence-corrected chi connectivity index (χ3v) is 5.05. The lowest BCUT2D eigenvalue weighted by Crippen LogP contribution is -2.64. The number of allylic oxidation sites excluding steroid dienone is 1. The average Bonchev–Trinajstić information content (AvgIpc) is 2.48. The Labute approximate surface area is 146 Å². The van der Waals surface area contributed by atoms with E-state index in [1.165, 1.54) is 5.56 Å². The van der Waals surface area contributed by atoms with Gasteiger partial charge in [-0.25, -0.2) is 4.99 Å². The standard InChI is InChI=1S/C20H31N3O/c1-7-16(8-2)20(22)11-15(6)23-19(18(20)21)24-17-13(4)9-12(3)10-14(17)5/h9-11,16,18H,7-8,21-22H2,1-6H3. The van der Waals surface area contributed by atoms with E-state index in [2.05, 4.69) is 37.9 Å². The topological polar surface area (TPSA) is 73.6 Å². The van der Waals surface area contributed by atoms with Gasteiger partial charge in [0.15, 0.2) is 0 Å². The number of ether oxygens (including phenoxy) is 1. The highest BCUT2D eigenvalue weighted by Gasteiger charge is 2.43. The molecule has 0 aliphatic carbocycles. The molecule has 4 N–H and O–H groups in total. The third-order valence-electron chi connectivity index (χ3n) is 5.05. The zero-order valence-electron chi connectivity index (χ0n) is 15.8. The Morgan fingerprint density at radius 3 is 2.17 bits per heavy atom. The van der Waals surface area contributed by atoms with Crippen LogP contribution < -0.4 is 16.2 Å². The van der Waals surface area contributed by atoms with Crippen molar-refractivity contribution in [3.8, 4) is 5.75 Å². The first kappa shape index (κ1) is 18.7. The minimum absolute atomic E-state index is 0.289. The molecule has 0 amide bonds. The van der Waals surface area contributed by atoms with Gasteiger partial charge >= 0.3 is 0 Å². The van der Waals surface area contributed by atoms with Gasteiger partial charge in [0, 0.05) is 5.70 Å². The first-order valence-corrected chi connectivity index (χ1v) is 8.81. The summed E-state index contributed by atoms with van der Waals surface area (Å²) in [4.78, 5) is 4.56. The SMILES string of the molecule is CCC(CC)C1(N)C=C(C)N=C(Oc2c(C)cc(C)cc2C)C1N. The highest BCUT2D eigenvalue weighted by atomic mass is 16.5. The van der Waals surface area contributed by atoms with Gasteiger partial charge in [0.1, 0.15) is 11.8 Å². The van der Waals surface area contributed by atoms with Crippen molar-refractivity contribution in [2.45, 2.75) is 66.0 Å². The quantitative estimate of drug-likeness (QED) is 0.883. The number of benzene rings is 1. The lowest BCUT2D eigenvalue weighted by Gasteiger charge is -2.41. The molecular formula is C20H31N3O. The third kappa shape index (κ3) is 3.40. The van der Waals surface area contributed by atoms with Crippen LogP contribution in [-0.4, -0.2) is 17.5 Å². The van der Waals surface area contributed by atoms with Crippen molar-refractivity contribution in [1.82, 2.24) is 0 Å². The smallest absolute Gasteiger partial charge is 0.214 e. The monoisotopic (exact) mass is 329 g/mol. The zero-order chi connectivity index (χ0) is 18.1. The molecule has 0 bridgehead atoms. The van der Waals surface area contributed by atoms with E-state index >= 15 is 0 Å². The van der Waals surface area contributed by atoms with Crippen molar-refractivity contribution >= 4 is 5.90 Å². The van der Waals surface area contributed by atoms with Crippen LogP contribution in [0.4, 0.5) is 0 Å². The maximum absolute atomic E-state index is 6.74. The second-order valence-electron chi connectivity index (χ2n) is 7.06. The largest absolute Gasteiger partial charge is 0.441 e. The molecule has 0 aromatic heterocycles. The number of rotatable bonds is 4. The minimum Gasteiger partial charge on any atom is -0.441 e. The molecule has 0 saturated carbocycles. The molecule has 1 aromatic carbocycles. The summed E-state index contributed by atoms with van der Waals surface area (Å²) >= 11 is 0. The maximum atomic E-state index is 6.74. The van der Waals surface area contributed by atoms with E-state index in [4.69, 9.17) is 16.2 Å². The van der Waals surface area contributed by atoms with Gasteiger partial charge in [-0.2, -0.15) is 0 Å². The molecule has 1 aliphatic rings. The van der Waals surface area contributed by atoms with Crippen LogP contribution >= 0.6 is 0 Å².